The Balaban J connectivity index is 1.42. The van der Waals surface area contributed by atoms with Gasteiger partial charge in [-0.05, 0) is 43.6 Å². The first-order chi connectivity index (χ1) is 13.8. The summed E-state index contributed by atoms with van der Waals surface area (Å²) < 4.78 is 5.78. The van der Waals surface area contributed by atoms with Crippen molar-refractivity contribution >= 4 is 6.03 Å². The largest absolute Gasteiger partial charge is 0.491 e. The van der Waals surface area contributed by atoms with Crippen LogP contribution in [0.2, 0.25) is 0 Å². The Morgan fingerprint density at radius 3 is 2.79 bits per heavy atom. The molecule has 2 aliphatic rings. The van der Waals surface area contributed by atoms with Crippen LogP contribution < -0.4 is 10.1 Å². The molecule has 1 fully saturated rings. The number of nitrogens with zero attached hydrogens (tertiary/aromatic N) is 3. The molecule has 3 heterocycles. The van der Waals surface area contributed by atoms with E-state index in [0.717, 1.165) is 30.0 Å². The molecule has 1 atom stereocenters. The van der Waals surface area contributed by atoms with Crippen molar-refractivity contribution in [1.29, 1.82) is 0 Å². The van der Waals surface area contributed by atoms with Crippen molar-refractivity contribution in [1.82, 2.24) is 20.1 Å². The number of rotatable bonds is 4. The maximum absolute atomic E-state index is 12.9. The van der Waals surface area contributed by atoms with Crippen molar-refractivity contribution in [2.24, 2.45) is 0 Å². The van der Waals surface area contributed by atoms with Gasteiger partial charge in [-0.2, -0.15) is 0 Å². The monoisotopic (exact) mass is 380 g/mol. The molecule has 1 saturated heterocycles. The minimum absolute atomic E-state index is 0.0359. The number of carbonyl (C=O) groups excluding carboxylic acids is 1. The highest BCUT2D eigenvalue weighted by molar-refractivity contribution is 5.74. The highest BCUT2D eigenvalue weighted by Gasteiger charge is 2.25. The summed E-state index contributed by atoms with van der Waals surface area (Å²) in [6.07, 6.45) is 7.43. The number of ether oxygens (including phenoxy) is 1. The summed E-state index contributed by atoms with van der Waals surface area (Å²) in [7, 11) is 0. The van der Waals surface area contributed by atoms with Crippen molar-refractivity contribution in [3.05, 3.63) is 59.9 Å². The molecule has 2 amide bonds. The van der Waals surface area contributed by atoms with Gasteiger partial charge in [0.05, 0.1) is 19.1 Å². The molecule has 0 saturated carbocycles. The number of urea groups is 1. The topological polar surface area (TPSA) is 57.7 Å². The van der Waals surface area contributed by atoms with Gasteiger partial charge in [0, 0.05) is 24.5 Å². The highest BCUT2D eigenvalue weighted by atomic mass is 16.5. The number of fused-ring (bicyclic) bond motifs is 1. The van der Waals surface area contributed by atoms with E-state index in [-0.39, 0.29) is 12.1 Å². The number of piperidine rings is 1. The molecule has 2 aliphatic heterocycles. The second kappa shape index (κ2) is 9.06. The third kappa shape index (κ3) is 4.44. The normalized spacial score (nSPS) is 18.5. The molecule has 0 spiro atoms. The van der Waals surface area contributed by atoms with E-state index in [1.165, 1.54) is 19.3 Å². The molecule has 1 aromatic carbocycles. The third-order valence-corrected chi connectivity index (χ3v) is 5.59. The van der Waals surface area contributed by atoms with Crippen LogP contribution in [0.4, 0.5) is 4.79 Å². The molecular formula is C22H28N4O2. The summed E-state index contributed by atoms with van der Waals surface area (Å²) in [5.74, 6) is 0.874. The standard InChI is InChI=1S/C22H28N4O2/c27-22(26-13-14-28-21-9-3-2-7-19(21)17-26)24-16-20(18-8-6-10-23-15-18)25-11-4-1-5-12-25/h2-3,6-10,15,20H,1,4-5,11-14,16-17H2,(H,24,27). The van der Waals surface area contributed by atoms with Crippen LogP contribution in [0.5, 0.6) is 5.75 Å². The quantitative estimate of drug-likeness (QED) is 0.885. The fourth-order valence-corrected chi connectivity index (χ4v) is 4.06. The second-order valence-electron chi connectivity index (χ2n) is 7.46. The molecular weight excluding hydrogens is 352 g/mol. The number of pyridine rings is 1. The van der Waals surface area contributed by atoms with Crippen LogP contribution in [-0.2, 0) is 6.54 Å². The molecule has 0 aliphatic carbocycles. The van der Waals surface area contributed by atoms with Crippen LogP contribution in [0, 0.1) is 0 Å². The second-order valence-corrected chi connectivity index (χ2v) is 7.46. The van der Waals surface area contributed by atoms with Crippen molar-refractivity contribution in [2.75, 3.05) is 32.8 Å². The molecule has 1 N–H and O–H groups in total. The average molecular weight is 380 g/mol. The SMILES string of the molecule is O=C(NCC(c1cccnc1)N1CCCCC1)N1CCOc2ccccc2C1. The molecule has 0 radical (unpaired) electrons. The first-order valence-corrected chi connectivity index (χ1v) is 10.2. The predicted molar refractivity (Wildman–Crippen MR) is 108 cm³/mol. The van der Waals surface area contributed by atoms with Gasteiger partial charge in [0.25, 0.3) is 0 Å². The van der Waals surface area contributed by atoms with Crippen LogP contribution in [0.3, 0.4) is 0 Å². The zero-order valence-electron chi connectivity index (χ0n) is 16.2. The van der Waals surface area contributed by atoms with E-state index in [1.54, 1.807) is 6.20 Å². The summed E-state index contributed by atoms with van der Waals surface area (Å²) in [6, 6.07) is 12.1. The van der Waals surface area contributed by atoms with E-state index in [0.29, 0.717) is 26.2 Å². The van der Waals surface area contributed by atoms with Gasteiger partial charge in [0.15, 0.2) is 0 Å². The molecule has 148 valence electrons. The maximum atomic E-state index is 12.9. The molecule has 28 heavy (non-hydrogen) atoms. The summed E-state index contributed by atoms with van der Waals surface area (Å²) in [4.78, 5) is 21.5. The van der Waals surface area contributed by atoms with E-state index < -0.39 is 0 Å². The van der Waals surface area contributed by atoms with Gasteiger partial charge in [0.2, 0.25) is 0 Å². The fraction of sp³-hybridized carbons (Fsp3) is 0.455. The number of nitrogens with one attached hydrogen (secondary N) is 1. The lowest BCUT2D eigenvalue weighted by atomic mass is 10.0. The van der Waals surface area contributed by atoms with Gasteiger partial charge in [-0.15, -0.1) is 0 Å². The van der Waals surface area contributed by atoms with Crippen LogP contribution >= 0.6 is 0 Å². The molecule has 1 aromatic heterocycles. The Kier molecular flexibility index (Phi) is 6.07. The molecule has 1 unspecified atom stereocenters. The van der Waals surface area contributed by atoms with E-state index in [9.17, 15) is 4.79 Å². The lowest BCUT2D eigenvalue weighted by molar-refractivity contribution is 0.152. The smallest absolute Gasteiger partial charge is 0.317 e. The lowest BCUT2D eigenvalue weighted by Crippen LogP contribution is -2.45. The lowest BCUT2D eigenvalue weighted by Gasteiger charge is -2.35. The van der Waals surface area contributed by atoms with E-state index >= 15 is 0 Å². The summed E-state index contributed by atoms with van der Waals surface area (Å²) in [5.41, 5.74) is 2.21. The van der Waals surface area contributed by atoms with E-state index in [4.69, 9.17) is 4.74 Å². The van der Waals surface area contributed by atoms with Crippen LogP contribution in [-0.4, -0.2) is 53.6 Å². The van der Waals surface area contributed by atoms with Gasteiger partial charge in [-0.3, -0.25) is 9.88 Å². The predicted octanol–water partition coefficient (Wildman–Crippen LogP) is 3.21. The molecule has 4 rings (SSSR count). The first kappa shape index (κ1) is 18.7. The first-order valence-electron chi connectivity index (χ1n) is 10.2. The number of hydrogen-bond acceptors (Lipinski definition) is 4. The Labute approximate surface area is 166 Å². The molecule has 2 aromatic rings. The number of aromatic nitrogens is 1. The van der Waals surface area contributed by atoms with Crippen LogP contribution in [0.1, 0.15) is 36.4 Å². The van der Waals surface area contributed by atoms with Gasteiger partial charge >= 0.3 is 6.03 Å². The van der Waals surface area contributed by atoms with Gasteiger partial charge < -0.3 is 15.0 Å². The van der Waals surface area contributed by atoms with E-state index in [1.807, 2.05) is 41.4 Å². The highest BCUT2D eigenvalue weighted by Crippen LogP contribution is 2.25. The number of carbonyl (C=O) groups is 1. The van der Waals surface area contributed by atoms with Gasteiger partial charge in [-0.1, -0.05) is 30.7 Å². The number of likely N-dealkylation sites (tertiary alicyclic amines) is 1. The van der Waals surface area contributed by atoms with Crippen molar-refractivity contribution in [3.63, 3.8) is 0 Å². The number of benzene rings is 1. The third-order valence-electron chi connectivity index (χ3n) is 5.59. The zero-order chi connectivity index (χ0) is 19.2. The van der Waals surface area contributed by atoms with Crippen molar-refractivity contribution in [3.8, 4) is 5.75 Å². The summed E-state index contributed by atoms with van der Waals surface area (Å²) in [5, 5.41) is 3.17. The minimum atomic E-state index is -0.0359. The Bertz CT molecular complexity index is 777. The maximum Gasteiger partial charge on any atom is 0.317 e. The van der Waals surface area contributed by atoms with Crippen molar-refractivity contribution < 1.29 is 9.53 Å². The number of para-hydroxylation sites is 1. The van der Waals surface area contributed by atoms with Crippen LogP contribution in [0.25, 0.3) is 0 Å². The number of hydrogen-bond donors (Lipinski definition) is 1. The van der Waals surface area contributed by atoms with Crippen molar-refractivity contribution in [2.45, 2.75) is 31.8 Å². The minimum Gasteiger partial charge on any atom is -0.491 e. The van der Waals surface area contributed by atoms with E-state index in [2.05, 4.69) is 21.3 Å². The molecule has 6 heteroatoms. The zero-order valence-corrected chi connectivity index (χ0v) is 16.2. The fourth-order valence-electron chi connectivity index (χ4n) is 4.06. The Morgan fingerprint density at radius 2 is 1.96 bits per heavy atom. The van der Waals surface area contributed by atoms with Gasteiger partial charge in [0.1, 0.15) is 12.4 Å². The molecule has 6 nitrogen and oxygen atoms in total. The summed E-state index contributed by atoms with van der Waals surface area (Å²) in [6.45, 7) is 4.40. The van der Waals surface area contributed by atoms with Gasteiger partial charge in [-0.25, -0.2) is 4.79 Å². The Hall–Kier alpha value is -2.60. The molecule has 0 bridgehead atoms. The summed E-state index contributed by atoms with van der Waals surface area (Å²) >= 11 is 0. The Morgan fingerprint density at radius 1 is 1.11 bits per heavy atom. The number of amides is 2. The average Bonchev–Trinajstić information content (AvgIpc) is 2.98. The van der Waals surface area contributed by atoms with Crippen LogP contribution in [0.15, 0.2) is 48.8 Å².